The van der Waals surface area contributed by atoms with Crippen LogP contribution in [0.4, 0.5) is 5.82 Å². The highest BCUT2D eigenvalue weighted by atomic mass is 15.0. The van der Waals surface area contributed by atoms with Crippen molar-refractivity contribution >= 4 is 11.5 Å². The van der Waals surface area contributed by atoms with E-state index in [4.69, 9.17) is 5.73 Å². The van der Waals surface area contributed by atoms with E-state index in [0.29, 0.717) is 5.82 Å². The van der Waals surface area contributed by atoms with Gasteiger partial charge in [0.15, 0.2) is 5.65 Å². The fourth-order valence-corrected chi connectivity index (χ4v) is 1.04. The summed E-state index contributed by atoms with van der Waals surface area (Å²) >= 11 is 0. The third-order valence-electron chi connectivity index (χ3n) is 1.48. The van der Waals surface area contributed by atoms with Gasteiger partial charge in [0, 0.05) is 6.20 Å². The summed E-state index contributed by atoms with van der Waals surface area (Å²) in [4.78, 5) is 8.11. The second kappa shape index (κ2) is 3.89. The molecule has 0 bridgehead atoms. The van der Waals surface area contributed by atoms with E-state index in [0.717, 1.165) is 11.3 Å². The molecule has 0 aliphatic heterocycles. The second-order valence-electron chi connectivity index (χ2n) is 2.46. The fraction of sp³-hybridized carbons (Fsp3) is 0.333. The monoisotopic (exact) mass is 178 g/mol. The first-order valence-corrected chi connectivity index (χ1v) is 4.32. The van der Waals surface area contributed by atoms with Crippen LogP contribution in [-0.4, -0.2) is 14.4 Å². The Morgan fingerprint density at radius 3 is 2.69 bits per heavy atom. The van der Waals surface area contributed by atoms with E-state index < -0.39 is 0 Å². The van der Waals surface area contributed by atoms with Gasteiger partial charge in [0.2, 0.25) is 0 Å². The Kier molecular flexibility index (Phi) is 2.84. The van der Waals surface area contributed by atoms with Gasteiger partial charge in [0.05, 0.1) is 18.1 Å². The van der Waals surface area contributed by atoms with E-state index in [-0.39, 0.29) is 0 Å². The van der Waals surface area contributed by atoms with Gasteiger partial charge in [-0.3, -0.25) is 0 Å². The molecule has 0 unspecified atom stereocenters. The summed E-state index contributed by atoms with van der Waals surface area (Å²) in [5.74, 6) is 0.509. The van der Waals surface area contributed by atoms with Gasteiger partial charge >= 0.3 is 0 Å². The minimum atomic E-state index is 0.509. The van der Waals surface area contributed by atoms with Crippen molar-refractivity contribution in [3.63, 3.8) is 0 Å². The average Bonchev–Trinajstić information content (AvgIpc) is 2.48. The number of hydrogen-bond acceptors (Lipinski definition) is 3. The van der Waals surface area contributed by atoms with E-state index in [1.165, 1.54) is 0 Å². The number of nitrogens with zero attached hydrogens (tertiary/aromatic N) is 3. The first kappa shape index (κ1) is 9.51. The molecule has 0 spiro atoms. The molecule has 0 aliphatic carbocycles. The first-order valence-electron chi connectivity index (χ1n) is 4.32. The van der Waals surface area contributed by atoms with E-state index in [1.807, 2.05) is 31.4 Å². The number of aryl methyl sites for hydroxylation is 1. The molecule has 4 nitrogen and oxygen atoms in total. The zero-order valence-electron chi connectivity index (χ0n) is 8.15. The van der Waals surface area contributed by atoms with Crippen LogP contribution in [0.1, 0.15) is 19.5 Å². The maximum absolute atomic E-state index is 5.47. The predicted molar refractivity (Wildman–Crippen MR) is 53.5 cm³/mol. The predicted octanol–water partition coefficient (Wildman–Crippen LogP) is 1.65. The molecule has 2 aromatic heterocycles. The van der Waals surface area contributed by atoms with Crippen molar-refractivity contribution in [1.82, 2.24) is 14.4 Å². The summed E-state index contributed by atoms with van der Waals surface area (Å²) in [5, 5.41) is 0. The normalized spacial score (nSPS) is 9.46. The van der Waals surface area contributed by atoms with Crippen molar-refractivity contribution < 1.29 is 0 Å². The lowest BCUT2D eigenvalue weighted by molar-refractivity contribution is 1.13. The van der Waals surface area contributed by atoms with Crippen molar-refractivity contribution in [1.29, 1.82) is 0 Å². The molecule has 0 saturated carbocycles. The van der Waals surface area contributed by atoms with E-state index in [9.17, 15) is 0 Å². The smallest absolute Gasteiger partial charge is 0.155 e. The maximum atomic E-state index is 5.47. The lowest BCUT2D eigenvalue weighted by Crippen LogP contribution is -1.92. The summed E-state index contributed by atoms with van der Waals surface area (Å²) in [5.41, 5.74) is 7.27. The lowest BCUT2D eigenvalue weighted by Gasteiger charge is -1.92. The van der Waals surface area contributed by atoms with Gasteiger partial charge in [-0.25, -0.2) is 9.97 Å². The van der Waals surface area contributed by atoms with Gasteiger partial charge in [-0.1, -0.05) is 13.8 Å². The summed E-state index contributed by atoms with van der Waals surface area (Å²) in [6.07, 6.45) is 5.31. The Morgan fingerprint density at radius 2 is 2.00 bits per heavy atom. The van der Waals surface area contributed by atoms with Gasteiger partial charge in [0.1, 0.15) is 5.82 Å². The number of anilines is 1. The topological polar surface area (TPSA) is 56.2 Å². The number of nitrogen functional groups attached to an aromatic ring is 1. The zero-order chi connectivity index (χ0) is 9.84. The molecule has 2 rings (SSSR count). The number of aromatic nitrogens is 3. The Balaban J connectivity index is 0.000000396. The van der Waals surface area contributed by atoms with Crippen molar-refractivity contribution in [3.05, 3.63) is 24.3 Å². The molecule has 13 heavy (non-hydrogen) atoms. The third kappa shape index (κ3) is 1.96. The van der Waals surface area contributed by atoms with E-state index in [1.54, 1.807) is 12.4 Å². The summed E-state index contributed by atoms with van der Waals surface area (Å²) in [7, 11) is 0. The molecular formula is C9H14N4. The van der Waals surface area contributed by atoms with E-state index >= 15 is 0 Å². The van der Waals surface area contributed by atoms with Gasteiger partial charge in [-0.15, -0.1) is 0 Å². The molecule has 0 amide bonds. The van der Waals surface area contributed by atoms with E-state index in [2.05, 4.69) is 9.97 Å². The average molecular weight is 178 g/mol. The quantitative estimate of drug-likeness (QED) is 0.667. The standard InChI is InChI=1S/C7H8N4.C2H6/c1-5-3-11-4-6(8)9-2-7(11)10-5;1-2/h2-4H,8H2,1H3;1-2H3. The summed E-state index contributed by atoms with van der Waals surface area (Å²) in [6, 6.07) is 0. The Hall–Kier alpha value is -1.58. The molecule has 2 aromatic rings. The van der Waals surface area contributed by atoms with Crippen molar-refractivity contribution in [3.8, 4) is 0 Å². The van der Waals surface area contributed by atoms with Gasteiger partial charge in [-0.05, 0) is 6.92 Å². The van der Waals surface area contributed by atoms with Crippen LogP contribution in [-0.2, 0) is 0 Å². The van der Waals surface area contributed by atoms with Crippen LogP contribution in [0, 0.1) is 6.92 Å². The lowest BCUT2D eigenvalue weighted by atomic mass is 10.6. The maximum Gasteiger partial charge on any atom is 0.155 e. The van der Waals surface area contributed by atoms with Crippen LogP contribution < -0.4 is 5.73 Å². The SMILES string of the molecule is CC.Cc1cn2cc(N)ncc2n1. The minimum Gasteiger partial charge on any atom is -0.382 e. The molecule has 4 heteroatoms. The number of fused-ring (bicyclic) bond motifs is 1. The highest BCUT2D eigenvalue weighted by Gasteiger charge is 1.96. The molecule has 0 aromatic carbocycles. The molecule has 0 aliphatic rings. The highest BCUT2D eigenvalue weighted by Crippen LogP contribution is 2.04. The molecule has 0 saturated heterocycles. The molecule has 2 N–H and O–H groups in total. The Morgan fingerprint density at radius 1 is 1.31 bits per heavy atom. The number of hydrogen-bond donors (Lipinski definition) is 1. The fourth-order valence-electron chi connectivity index (χ4n) is 1.04. The number of nitrogens with two attached hydrogens (primary N) is 1. The van der Waals surface area contributed by atoms with Crippen LogP contribution in [0.5, 0.6) is 0 Å². The van der Waals surface area contributed by atoms with Crippen molar-refractivity contribution in [2.75, 3.05) is 5.73 Å². The Labute approximate surface area is 77.4 Å². The van der Waals surface area contributed by atoms with Crippen molar-refractivity contribution in [2.45, 2.75) is 20.8 Å². The van der Waals surface area contributed by atoms with Crippen LogP contribution >= 0.6 is 0 Å². The van der Waals surface area contributed by atoms with Crippen LogP contribution in [0.2, 0.25) is 0 Å². The molecule has 70 valence electrons. The number of rotatable bonds is 0. The van der Waals surface area contributed by atoms with Crippen LogP contribution in [0.15, 0.2) is 18.6 Å². The summed E-state index contributed by atoms with van der Waals surface area (Å²) in [6.45, 7) is 5.93. The largest absolute Gasteiger partial charge is 0.382 e. The molecule has 0 atom stereocenters. The van der Waals surface area contributed by atoms with Crippen LogP contribution in [0.3, 0.4) is 0 Å². The van der Waals surface area contributed by atoms with Crippen molar-refractivity contribution in [2.24, 2.45) is 0 Å². The molecule has 0 fully saturated rings. The molecule has 2 heterocycles. The van der Waals surface area contributed by atoms with Gasteiger partial charge in [0.25, 0.3) is 0 Å². The second-order valence-corrected chi connectivity index (χ2v) is 2.46. The summed E-state index contributed by atoms with van der Waals surface area (Å²) < 4.78 is 1.86. The molecule has 0 radical (unpaired) electrons. The van der Waals surface area contributed by atoms with Gasteiger partial charge < -0.3 is 10.1 Å². The number of imidazole rings is 1. The third-order valence-corrected chi connectivity index (χ3v) is 1.48. The highest BCUT2D eigenvalue weighted by molar-refractivity contribution is 5.41. The molecular weight excluding hydrogens is 164 g/mol. The first-order chi connectivity index (χ1) is 6.25. The Bertz CT molecular complexity index is 391. The minimum absolute atomic E-state index is 0.509. The van der Waals surface area contributed by atoms with Crippen LogP contribution in [0.25, 0.3) is 5.65 Å². The van der Waals surface area contributed by atoms with Gasteiger partial charge in [-0.2, -0.15) is 0 Å². The zero-order valence-corrected chi connectivity index (χ0v) is 8.15.